The highest BCUT2D eigenvalue weighted by Crippen LogP contribution is 2.30. The molecule has 0 aromatic rings. The van der Waals surface area contributed by atoms with Crippen molar-refractivity contribution in [2.75, 3.05) is 20.2 Å². The fourth-order valence-corrected chi connectivity index (χ4v) is 3.47. The molecule has 3 nitrogen and oxygen atoms in total. The molecule has 0 spiro atoms. The molecule has 0 aromatic carbocycles. The third kappa shape index (κ3) is 1.81. The van der Waals surface area contributed by atoms with Crippen LogP contribution in [-0.4, -0.2) is 49.3 Å². The number of nitrogens with one attached hydrogen (secondary N) is 1. The second-order valence-corrected chi connectivity index (χ2v) is 5.33. The highest BCUT2D eigenvalue weighted by molar-refractivity contribution is 4.99. The van der Waals surface area contributed by atoms with Crippen LogP contribution >= 0.6 is 0 Å². The van der Waals surface area contributed by atoms with Gasteiger partial charge in [-0.1, -0.05) is 0 Å². The van der Waals surface area contributed by atoms with Gasteiger partial charge in [-0.15, -0.1) is 0 Å². The summed E-state index contributed by atoms with van der Waals surface area (Å²) in [5.41, 5.74) is 0. The average Bonchev–Trinajstić information content (AvgIpc) is 2.73. The molecule has 2 atom stereocenters. The number of hydrogen-bond donors (Lipinski definition) is 1. The molecule has 86 valence electrons. The van der Waals surface area contributed by atoms with Crippen LogP contribution in [0, 0.1) is 0 Å². The largest absolute Gasteiger partial charge is 0.381 e. The third-order valence-electron chi connectivity index (χ3n) is 4.48. The van der Waals surface area contributed by atoms with Gasteiger partial charge in [-0.3, -0.25) is 4.90 Å². The van der Waals surface area contributed by atoms with E-state index in [-0.39, 0.29) is 0 Å². The number of methoxy groups -OCH3 is 1. The maximum Gasteiger partial charge on any atom is 0.0601 e. The quantitative estimate of drug-likeness (QED) is 0.752. The Morgan fingerprint density at radius 3 is 2.87 bits per heavy atom. The van der Waals surface area contributed by atoms with Crippen molar-refractivity contribution in [3.05, 3.63) is 0 Å². The Hall–Kier alpha value is -0.120. The lowest BCUT2D eigenvalue weighted by Crippen LogP contribution is -2.52. The first-order valence-corrected chi connectivity index (χ1v) is 6.39. The van der Waals surface area contributed by atoms with Crippen LogP contribution < -0.4 is 5.32 Å². The lowest BCUT2D eigenvalue weighted by atomic mass is 9.88. The molecule has 3 rings (SSSR count). The second-order valence-electron chi connectivity index (χ2n) is 5.33. The molecule has 0 bridgehead atoms. The van der Waals surface area contributed by atoms with Crippen LogP contribution in [0.5, 0.6) is 0 Å². The molecular formula is C12H22N2O. The van der Waals surface area contributed by atoms with Crippen molar-refractivity contribution in [3.8, 4) is 0 Å². The summed E-state index contributed by atoms with van der Waals surface area (Å²) in [6.45, 7) is 2.66. The Labute approximate surface area is 92.2 Å². The first kappa shape index (κ1) is 10.1. The Kier molecular flexibility index (Phi) is 2.71. The molecule has 1 N–H and O–H groups in total. The topological polar surface area (TPSA) is 24.5 Å². The highest BCUT2D eigenvalue weighted by Gasteiger charge is 2.39. The molecule has 0 aromatic heterocycles. The van der Waals surface area contributed by atoms with E-state index in [1.165, 1.54) is 45.2 Å². The van der Waals surface area contributed by atoms with Gasteiger partial charge in [0.1, 0.15) is 0 Å². The highest BCUT2D eigenvalue weighted by atomic mass is 16.5. The minimum atomic E-state index is 0.531. The van der Waals surface area contributed by atoms with E-state index in [9.17, 15) is 0 Å². The number of hydrogen-bond acceptors (Lipinski definition) is 3. The summed E-state index contributed by atoms with van der Waals surface area (Å²) in [6, 6.07) is 2.36. The van der Waals surface area contributed by atoms with Crippen molar-refractivity contribution in [2.24, 2.45) is 0 Å². The van der Waals surface area contributed by atoms with Crippen LogP contribution in [0.3, 0.4) is 0 Å². The van der Waals surface area contributed by atoms with Crippen LogP contribution in [0.1, 0.15) is 32.1 Å². The van der Waals surface area contributed by atoms with E-state index >= 15 is 0 Å². The second kappa shape index (κ2) is 4.04. The summed E-state index contributed by atoms with van der Waals surface area (Å²) in [6.07, 6.45) is 7.16. The first-order valence-electron chi connectivity index (χ1n) is 6.39. The predicted octanol–water partition coefficient (Wildman–Crippen LogP) is 0.990. The van der Waals surface area contributed by atoms with Crippen LogP contribution in [0.4, 0.5) is 0 Å². The predicted molar refractivity (Wildman–Crippen MR) is 60.0 cm³/mol. The molecule has 3 heteroatoms. The van der Waals surface area contributed by atoms with Crippen LogP contribution in [0.15, 0.2) is 0 Å². The standard InChI is InChI=1S/C12H22N2O/c1-15-10-7-9(8-10)13-11-4-6-14-5-2-3-12(11)14/h9-13H,2-8H2,1H3. The van der Waals surface area contributed by atoms with Gasteiger partial charge in [-0.05, 0) is 38.6 Å². The van der Waals surface area contributed by atoms with E-state index in [1.54, 1.807) is 0 Å². The van der Waals surface area contributed by atoms with Gasteiger partial charge in [0.15, 0.2) is 0 Å². The number of fused-ring (bicyclic) bond motifs is 1. The van der Waals surface area contributed by atoms with Gasteiger partial charge < -0.3 is 10.1 Å². The summed E-state index contributed by atoms with van der Waals surface area (Å²) in [5.74, 6) is 0. The molecule has 0 radical (unpaired) electrons. The van der Waals surface area contributed by atoms with Crippen molar-refractivity contribution in [1.29, 1.82) is 0 Å². The molecule has 2 unspecified atom stereocenters. The molecule has 2 heterocycles. The maximum absolute atomic E-state index is 5.32. The van der Waals surface area contributed by atoms with Crippen molar-refractivity contribution >= 4 is 0 Å². The van der Waals surface area contributed by atoms with Crippen molar-refractivity contribution in [3.63, 3.8) is 0 Å². The smallest absolute Gasteiger partial charge is 0.0601 e. The van der Waals surface area contributed by atoms with Crippen LogP contribution in [0.2, 0.25) is 0 Å². The van der Waals surface area contributed by atoms with E-state index in [1.807, 2.05) is 7.11 Å². The zero-order valence-corrected chi connectivity index (χ0v) is 9.61. The summed E-state index contributed by atoms with van der Waals surface area (Å²) in [4.78, 5) is 2.67. The van der Waals surface area contributed by atoms with Crippen molar-refractivity contribution in [1.82, 2.24) is 10.2 Å². The number of rotatable bonds is 3. The molecule has 1 saturated carbocycles. The maximum atomic E-state index is 5.32. The monoisotopic (exact) mass is 210 g/mol. The average molecular weight is 210 g/mol. The van der Waals surface area contributed by atoms with E-state index < -0.39 is 0 Å². The first-order chi connectivity index (χ1) is 7.36. The Bertz CT molecular complexity index is 228. The normalized spacial score (nSPS) is 45.4. The molecule has 3 aliphatic rings. The SMILES string of the molecule is COC1CC(NC2CCN3CCCC23)C1. The molecule has 3 fully saturated rings. The fourth-order valence-electron chi connectivity index (χ4n) is 3.47. The minimum absolute atomic E-state index is 0.531. The molecule has 0 amide bonds. The van der Waals surface area contributed by atoms with Gasteiger partial charge in [0, 0.05) is 31.8 Å². The Balaban J connectivity index is 1.48. The molecular weight excluding hydrogens is 188 g/mol. The van der Waals surface area contributed by atoms with Gasteiger partial charge in [-0.2, -0.15) is 0 Å². The van der Waals surface area contributed by atoms with Crippen LogP contribution in [0.25, 0.3) is 0 Å². The number of ether oxygens (including phenoxy) is 1. The fraction of sp³-hybridized carbons (Fsp3) is 1.00. The Morgan fingerprint density at radius 2 is 2.07 bits per heavy atom. The molecule has 2 aliphatic heterocycles. The number of nitrogens with zero attached hydrogens (tertiary/aromatic N) is 1. The third-order valence-corrected chi connectivity index (χ3v) is 4.48. The summed E-state index contributed by atoms with van der Waals surface area (Å²) in [5, 5.41) is 3.83. The van der Waals surface area contributed by atoms with Crippen molar-refractivity contribution in [2.45, 2.75) is 56.3 Å². The van der Waals surface area contributed by atoms with Crippen molar-refractivity contribution < 1.29 is 4.74 Å². The van der Waals surface area contributed by atoms with E-state index in [4.69, 9.17) is 4.74 Å². The van der Waals surface area contributed by atoms with Gasteiger partial charge in [0.25, 0.3) is 0 Å². The molecule has 1 aliphatic carbocycles. The summed E-state index contributed by atoms with van der Waals surface area (Å²) in [7, 11) is 1.83. The van der Waals surface area contributed by atoms with E-state index in [0.29, 0.717) is 6.10 Å². The lowest BCUT2D eigenvalue weighted by Gasteiger charge is -2.37. The molecule has 2 saturated heterocycles. The zero-order chi connectivity index (χ0) is 10.3. The van der Waals surface area contributed by atoms with Gasteiger partial charge >= 0.3 is 0 Å². The van der Waals surface area contributed by atoms with Gasteiger partial charge in [0.05, 0.1) is 6.10 Å². The van der Waals surface area contributed by atoms with Crippen LogP contribution in [-0.2, 0) is 4.74 Å². The Morgan fingerprint density at radius 1 is 1.20 bits per heavy atom. The zero-order valence-electron chi connectivity index (χ0n) is 9.61. The van der Waals surface area contributed by atoms with Gasteiger partial charge in [0.2, 0.25) is 0 Å². The minimum Gasteiger partial charge on any atom is -0.381 e. The van der Waals surface area contributed by atoms with Gasteiger partial charge in [-0.25, -0.2) is 0 Å². The summed E-state index contributed by atoms with van der Waals surface area (Å²) < 4.78 is 5.32. The lowest BCUT2D eigenvalue weighted by molar-refractivity contribution is 0.0132. The molecule has 15 heavy (non-hydrogen) atoms. The summed E-state index contributed by atoms with van der Waals surface area (Å²) >= 11 is 0. The van der Waals surface area contributed by atoms with E-state index in [2.05, 4.69) is 10.2 Å². The van der Waals surface area contributed by atoms with E-state index in [0.717, 1.165) is 18.1 Å².